The molecule has 6 heteroatoms. The third-order valence-electron chi connectivity index (χ3n) is 5.82. The van der Waals surface area contributed by atoms with Crippen LogP contribution in [-0.2, 0) is 4.79 Å². The minimum atomic E-state index is -0.223. The monoisotopic (exact) mass is 362 g/mol. The Balaban J connectivity index is 1.61. The average molecular weight is 362 g/mol. The molecule has 1 amide bonds. The van der Waals surface area contributed by atoms with Crippen molar-refractivity contribution in [3.8, 4) is 0 Å². The summed E-state index contributed by atoms with van der Waals surface area (Å²) in [5.74, 6) is 0.150. The highest BCUT2D eigenvalue weighted by molar-refractivity contribution is 5.76. The second-order valence-electron chi connectivity index (χ2n) is 7.70. The van der Waals surface area contributed by atoms with E-state index in [1.807, 2.05) is 12.1 Å². The molecule has 3 rings (SSSR count). The maximum Gasteiger partial charge on any atom is 0.220 e. The number of benzene rings is 1. The molecule has 2 saturated heterocycles. The molecule has 3 N–H and O–H groups in total. The van der Waals surface area contributed by atoms with E-state index < -0.39 is 0 Å². The summed E-state index contributed by atoms with van der Waals surface area (Å²) in [6, 6.07) is 7.37. The van der Waals surface area contributed by atoms with Gasteiger partial charge in [-0.25, -0.2) is 4.39 Å². The first kappa shape index (κ1) is 19.3. The van der Waals surface area contributed by atoms with Crippen molar-refractivity contribution in [2.75, 3.05) is 19.6 Å². The first-order chi connectivity index (χ1) is 12.5. The van der Waals surface area contributed by atoms with E-state index in [1.54, 1.807) is 0 Å². The lowest BCUT2D eigenvalue weighted by atomic mass is 9.92. The van der Waals surface area contributed by atoms with Crippen LogP contribution in [0.5, 0.6) is 0 Å². The van der Waals surface area contributed by atoms with Crippen molar-refractivity contribution in [3.63, 3.8) is 0 Å². The molecule has 26 heavy (non-hydrogen) atoms. The number of hydrogen-bond acceptors (Lipinski definition) is 4. The molecule has 2 heterocycles. The Bertz CT molecular complexity index is 578. The van der Waals surface area contributed by atoms with Crippen molar-refractivity contribution in [3.05, 3.63) is 35.6 Å². The largest absolute Gasteiger partial charge is 0.354 e. The maximum absolute atomic E-state index is 13.3. The highest BCUT2D eigenvalue weighted by atomic mass is 19.1. The molecule has 0 saturated carbocycles. The van der Waals surface area contributed by atoms with Crippen LogP contribution in [0, 0.1) is 11.7 Å². The molecule has 2 fully saturated rings. The second kappa shape index (κ2) is 8.93. The van der Waals surface area contributed by atoms with Crippen LogP contribution in [0.15, 0.2) is 24.3 Å². The van der Waals surface area contributed by atoms with Gasteiger partial charge in [-0.15, -0.1) is 0 Å². The first-order valence-electron chi connectivity index (χ1n) is 9.82. The van der Waals surface area contributed by atoms with Gasteiger partial charge in [-0.1, -0.05) is 18.6 Å². The Morgan fingerprint density at radius 2 is 1.77 bits per heavy atom. The van der Waals surface area contributed by atoms with E-state index in [0.717, 1.165) is 18.7 Å². The predicted molar refractivity (Wildman–Crippen MR) is 101 cm³/mol. The van der Waals surface area contributed by atoms with Gasteiger partial charge in [-0.05, 0) is 57.5 Å². The molecule has 5 nitrogen and oxygen atoms in total. The summed E-state index contributed by atoms with van der Waals surface area (Å²) >= 11 is 0. The van der Waals surface area contributed by atoms with Gasteiger partial charge >= 0.3 is 0 Å². The third-order valence-corrected chi connectivity index (χ3v) is 5.82. The van der Waals surface area contributed by atoms with Crippen LogP contribution in [0.4, 0.5) is 4.39 Å². The maximum atomic E-state index is 13.3. The quantitative estimate of drug-likeness (QED) is 0.727. The van der Waals surface area contributed by atoms with Crippen molar-refractivity contribution in [1.29, 1.82) is 0 Å². The lowest BCUT2D eigenvalue weighted by Crippen LogP contribution is -2.41. The summed E-state index contributed by atoms with van der Waals surface area (Å²) in [7, 11) is 0. The van der Waals surface area contributed by atoms with Crippen LogP contribution in [0.1, 0.15) is 51.1 Å². The van der Waals surface area contributed by atoms with Crippen molar-refractivity contribution >= 4 is 5.91 Å². The number of carbonyl (C=O) groups excluding carboxylic acids is 1. The van der Waals surface area contributed by atoms with E-state index >= 15 is 0 Å². The van der Waals surface area contributed by atoms with Crippen molar-refractivity contribution in [2.45, 2.75) is 57.7 Å². The van der Waals surface area contributed by atoms with Gasteiger partial charge in [0.2, 0.25) is 5.91 Å². The highest BCUT2D eigenvalue weighted by Gasteiger charge is 2.32. The number of hydrazine groups is 1. The molecule has 2 aliphatic rings. The van der Waals surface area contributed by atoms with Crippen LogP contribution < -0.4 is 16.2 Å². The summed E-state index contributed by atoms with van der Waals surface area (Å²) in [6.45, 7) is 6.83. The molecule has 0 spiro atoms. The Kier molecular flexibility index (Phi) is 6.62. The molecule has 3 unspecified atom stereocenters. The number of amides is 1. The lowest BCUT2D eigenvalue weighted by Gasteiger charge is -2.35. The molecule has 0 aliphatic carbocycles. The van der Waals surface area contributed by atoms with Gasteiger partial charge in [-0.2, -0.15) is 0 Å². The minimum Gasteiger partial charge on any atom is -0.354 e. The van der Waals surface area contributed by atoms with Crippen molar-refractivity contribution in [2.24, 2.45) is 5.92 Å². The smallest absolute Gasteiger partial charge is 0.220 e. The van der Waals surface area contributed by atoms with Gasteiger partial charge in [0.25, 0.3) is 0 Å². The zero-order chi connectivity index (χ0) is 18.5. The molecular weight excluding hydrogens is 331 g/mol. The summed E-state index contributed by atoms with van der Waals surface area (Å²) in [5.41, 5.74) is 7.47. The molecule has 0 bridgehead atoms. The lowest BCUT2D eigenvalue weighted by molar-refractivity contribution is -0.122. The summed E-state index contributed by atoms with van der Waals surface area (Å²) in [6.07, 6.45) is 4.13. The van der Waals surface area contributed by atoms with E-state index in [-0.39, 0.29) is 35.8 Å². The first-order valence-corrected chi connectivity index (χ1v) is 9.82. The van der Waals surface area contributed by atoms with Crippen LogP contribution in [0.25, 0.3) is 0 Å². The highest BCUT2D eigenvalue weighted by Crippen LogP contribution is 2.25. The fraction of sp³-hybridized carbons (Fsp3) is 0.650. The number of piperidine rings is 1. The zero-order valence-corrected chi connectivity index (χ0v) is 15.8. The zero-order valence-electron chi connectivity index (χ0n) is 15.8. The number of likely N-dealkylation sites (tertiary alicyclic amines) is 1. The molecule has 1 aromatic rings. The van der Waals surface area contributed by atoms with Gasteiger partial charge in [0.15, 0.2) is 0 Å². The summed E-state index contributed by atoms with van der Waals surface area (Å²) in [4.78, 5) is 14.9. The van der Waals surface area contributed by atoms with Gasteiger partial charge in [0.05, 0.1) is 6.04 Å². The van der Waals surface area contributed by atoms with Gasteiger partial charge in [0.1, 0.15) is 5.82 Å². The fourth-order valence-electron chi connectivity index (χ4n) is 4.13. The predicted octanol–water partition coefficient (Wildman–Crippen LogP) is 2.36. The Labute approximate surface area is 155 Å². The molecular formula is C20H31FN4O. The Hall–Kier alpha value is -1.50. The van der Waals surface area contributed by atoms with Gasteiger partial charge in [0, 0.05) is 31.0 Å². The number of rotatable bonds is 6. The number of nitrogens with zero attached hydrogens (tertiary/aromatic N) is 1. The molecule has 0 radical (unpaired) electrons. The standard InChI is InChI=1S/C20H31FN4O/c1-14-18(15(2)24-23-14)12-20(26)22-13-19(25-10-4-3-5-11-25)16-6-8-17(21)9-7-16/h6-9,14-15,18-19,23-24H,3-5,10-13H2,1-2H3,(H,22,26). The van der Waals surface area contributed by atoms with Crippen LogP contribution in [-0.4, -0.2) is 42.5 Å². The number of halogens is 1. The molecule has 144 valence electrons. The SMILES string of the molecule is CC1NNC(C)C1CC(=O)NCC(c1ccc(F)cc1)N1CCCCC1. The number of carbonyl (C=O) groups is 1. The van der Waals surface area contributed by atoms with E-state index in [1.165, 1.54) is 31.4 Å². The average Bonchev–Trinajstić information content (AvgIpc) is 2.96. The molecule has 2 aliphatic heterocycles. The molecule has 1 aromatic carbocycles. The Morgan fingerprint density at radius 3 is 2.38 bits per heavy atom. The van der Waals surface area contributed by atoms with E-state index in [2.05, 4.69) is 34.9 Å². The summed E-state index contributed by atoms with van der Waals surface area (Å²) < 4.78 is 13.3. The van der Waals surface area contributed by atoms with Gasteiger partial charge < -0.3 is 5.32 Å². The summed E-state index contributed by atoms with van der Waals surface area (Å²) in [5, 5.41) is 3.13. The minimum absolute atomic E-state index is 0.0864. The topological polar surface area (TPSA) is 56.4 Å². The van der Waals surface area contributed by atoms with Gasteiger partial charge in [-0.3, -0.25) is 20.5 Å². The van der Waals surface area contributed by atoms with Crippen molar-refractivity contribution < 1.29 is 9.18 Å². The van der Waals surface area contributed by atoms with E-state index in [4.69, 9.17) is 0 Å². The van der Waals surface area contributed by atoms with E-state index in [9.17, 15) is 9.18 Å². The van der Waals surface area contributed by atoms with Crippen molar-refractivity contribution in [1.82, 2.24) is 21.1 Å². The second-order valence-corrected chi connectivity index (χ2v) is 7.70. The molecule has 3 atom stereocenters. The van der Waals surface area contributed by atoms with Crippen LogP contribution in [0.2, 0.25) is 0 Å². The van der Waals surface area contributed by atoms with E-state index in [0.29, 0.717) is 13.0 Å². The van der Waals surface area contributed by atoms with Crippen LogP contribution >= 0.6 is 0 Å². The fourth-order valence-corrected chi connectivity index (χ4v) is 4.13. The number of nitrogens with one attached hydrogen (secondary N) is 3. The normalized spacial score (nSPS) is 28.0. The third kappa shape index (κ3) is 4.81. The Morgan fingerprint density at radius 1 is 1.15 bits per heavy atom. The molecule has 0 aromatic heterocycles. The van der Waals surface area contributed by atoms with Crippen LogP contribution in [0.3, 0.4) is 0 Å². The number of hydrogen-bond donors (Lipinski definition) is 3.